The van der Waals surface area contributed by atoms with E-state index < -0.39 is 32.0 Å². The van der Waals surface area contributed by atoms with Crippen LogP contribution < -0.4 is 5.32 Å². The summed E-state index contributed by atoms with van der Waals surface area (Å²) in [6.45, 7) is 12.3. The van der Waals surface area contributed by atoms with Gasteiger partial charge in [0.25, 0.3) is 5.91 Å². The van der Waals surface area contributed by atoms with Crippen molar-refractivity contribution >= 4 is 13.5 Å². The molecule has 0 aliphatic carbocycles. The van der Waals surface area contributed by atoms with Gasteiger partial charge in [-0.25, -0.2) is 0 Å². The number of rotatable bonds is 11. The Bertz CT molecular complexity index is 770. The molecular weight excluding hydrogens is 459 g/mol. The van der Waals surface area contributed by atoms with Crippen molar-refractivity contribution in [3.8, 4) is 0 Å². The quantitative estimate of drug-likeness (QED) is 0.326. The summed E-state index contributed by atoms with van der Waals surface area (Å²) in [6, 6.07) is 7.21. The molecule has 0 bridgehead atoms. The summed E-state index contributed by atoms with van der Waals surface area (Å²) in [6.07, 6.45) is -1.22. The first-order valence-corrected chi connectivity index (χ1v) is 13.7. The predicted octanol–water partition coefficient (Wildman–Crippen LogP) is 0.777. The average molecular weight is 501 g/mol. The second-order valence-electron chi connectivity index (χ2n) is 8.99. The summed E-state index contributed by atoms with van der Waals surface area (Å²) in [5.41, 5.74) is 1.47. The Hall–Kier alpha value is -1.36. The number of hydrogen-bond donors (Lipinski definition) is 4. The monoisotopic (exact) mass is 500 g/mol. The molecule has 11 heteroatoms. The Kier molecular flexibility index (Phi) is 12.1. The van der Waals surface area contributed by atoms with E-state index in [0.29, 0.717) is 25.2 Å². The smallest absolute Gasteiger partial charge is 0.347 e. The topological polar surface area (TPSA) is 126 Å². The van der Waals surface area contributed by atoms with Gasteiger partial charge in [0.05, 0.1) is 18.8 Å². The number of benzene rings is 1. The zero-order valence-electron chi connectivity index (χ0n) is 20.6. The van der Waals surface area contributed by atoms with Crippen molar-refractivity contribution in [2.24, 2.45) is 0 Å². The van der Waals surface area contributed by atoms with Crippen molar-refractivity contribution in [2.45, 2.75) is 39.5 Å². The molecule has 1 fully saturated rings. The van der Waals surface area contributed by atoms with Crippen LogP contribution in [0.1, 0.15) is 36.7 Å². The first kappa shape index (κ1) is 28.9. The molecule has 1 amide bonds. The molecule has 1 aromatic rings. The molecule has 1 aromatic carbocycles. The van der Waals surface area contributed by atoms with Crippen molar-refractivity contribution in [1.82, 2.24) is 20.0 Å². The first-order chi connectivity index (χ1) is 16.1. The second kappa shape index (κ2) is 14.3. The van der Waals surface area contributed by atoms with Crippen LogP contribution in [0.3, 0.4) is 0 Å². The van der Waals surface area contributed by atoms with E-state index in [1.165, 1.54) is 0 Å². The van der Waals surface area contributed by atoms with E-state index in [1.807, 2.05) is 12.1 Å². The van der Waals surface area contributed by atoms with Crippen molar-refractivity contribution in [2.75, 3.05) is 65.3 Å². The fraction of sp³-hybridized carbons (Fsp3) is 0.696. The third-order valence-electron chi connectivity index (χ3n) is 5.63. The zero-order valence-corrected chi connectivity index (χ0v) is 21.5. The number of aliphatic hydroxyl groups is 2. The van der Waals surface area contributed by atoms with Crippen LogP contribution in [0.4, 0.5) is 0 Å². The lowest BCUT2D eigenvalue weighted by atomic mass is 10.1. The summed E-state index contributed by atoms with van der Waals surface area (Å²) in [5, 5.41) is 22.2. The minimum Gasteiger partial charge on any atom is -0.392 e. The van der Waals surface area contributed by atoms with Gasteiger partial charge in [-0.15, -0.1) is 0 Å². The van der Waals surface area contributed by atoms with Crippen molar-refractivity contribution in [1.29, 1.82) is 0 Å². The highest BCUT2D eigenvalue weighted by atomic mass is 31.2. The van der Waals surface area contributed by atoms with Crippen LogP contribution >= 0.6 is 7.60 Å². The number of carbonyl (C=O) groups excluding carboxylic acids is 1. The van der Waals surface area contributed by atoms with Gasteiger partial charge in [0, 0.05) is 64.5 Å². The molecule has 0 aromatic heterocycles. The van der Waals surface area contributed by atoms with Gasteiger partial charge in [0.1, 0.15) is 6.29 Å². The molecule has 0 spiro atoms. The van der Waals surface area contributed by atoms with Gasteiger partial charge in [0.2, 0.25) is 0 Å². The van der Waals surface area contributed by atoms with E-state index in [0.717, 1.165) is 44.8 Å². The van der Waals surface area contributed by atoms with E-state index in [9.17, 15) is 24.5 Å². The maximum atomic E-state index is 12.3. The maximum Gasteiger partial charge on any atom is 0.347 e. The fourth-order valence-electron chi connectivity index (χ4n) is 4.00. The Morgan fingerprint density at radius 2 is 1.44 bits per heavy atom. The van der Waals surface area contributed by atoms with E-state index in [4.69, 9.17) is 4.52 Å². The molecule has 2 rings (SSSR count). The molecule has 1 heterocycles. The third-order valence-corrected chi connectivity index (χ3v) is 6.85. The highest BCUT2D eigenvalue weighted by Gasteiger charge is 2.21. The van der Waals surface area contributed by atoms with Gasteiger partial charge in [-0.1, -0.05) is 12.1 Å². The van der Waals surface area contributed by atoms with Gasteiger partial charge in [-0.3, -0.25) is 24.1 Å². The number of hydrogen-bond acceptors (Lipinski definition) is 8. The molecule has 1 saturated heterocycles. The van der Waals surface area contributed by atoms with Gasteiger partial charge in [-0.2, -0.15) is 0 Å². The molecule has 0 radical (unpaired) electrons. The average Bonchev–Trinajstić information content (AvgIpc) is 2.84. The third kappa shape index (κ3) is 10.9. The van der Waals surface area contributed by atoms with Crippen LogP contribution in [0.15, 0.2) is 24.3 Å². The zero-order chi connectivity index (χ0) is 25.1. The van der Waals surface area contributed by atoms with Crippen LogP contribution in [-0.2, 0) is 15.6 Å². The number of amides is 1. The Balaban J connectivity index is 1.98. The molecule has 0 saturated carbocycles. The van der Waals surface area contributed by atoms with E-state index >= 15 is 0 Å². The van der Waals surface area contributed by atoms with Gasteiger partial charge >= 0.3 is 7.60 Å². The minimum atomic E-state index is -3.82. The van der Waals surface area contributed by atoms with Crippen LogP contribution in [0.5, 0.6) is 0 Å². The van der Waals surface area contributed by atoms with E-state index in [1.54, 1.807) is 32.9 Å². The van der Waals surface area contributed by atoms with Gasteiger partial charge < -0.3 is 24.9 Å². The highest BCUT2D eigenvalue weighted by molar-refractivity contribution is 7.52. The van der Waals surface area contributed by atoms with Crippen LogP contribution in [0.2, 0.25) is 0 Å². The van der Waals surface area contributed by atoms with Gasteiger partial charge in [-0.05, 0) is 38.5 Å². The molecule has 34 heavy (non-hydrogen) atoms. The largest absolute Gasteiger partial charge is 0.392 e. The summed E-state index contributed by atoms with van der Waals surface area (Å²) in [7, 11) is -3.82. The lowest BCUT2D eigenvalue weighted by Gasteiger charge is -2.27. The molecule has 1 aliphatic heterocycles. The lowest BCUT2D eigenvalue weighted by Crippen LogP contribution is -2.41. The normalized spacial score (nSPS) is 20.5. The maximum absolute atomic E-state index is 12.3. The number of nitrogens with one attached hydrogen (secondary N) is 1. The molecule has 3 atom stereocenters. The highest BCUT2D eigenvalue weighted by Crippen LogP contribution is 2.39. The minimum absolute atomic E-state index is 0.0996. The van der Waals surface area contributed by atoms with Crippen LogP contribution in [0, 0.1) is 0 Å². The molecule has 10 nitrogen and oxygen atoms in total. The van der Waals surface area contributed by atoms with Crippen LogP contribution in [-0.4, -0.2) is 113 Å². The summed E-state index contributed by atoms with van der Waals surface area (Å²) in [4.78, 5) is 28.8. The Morgan fingerprint density at radius 3 is 1.88 bits per heavy atom. The molecule has 194 valence electrons. The molecule has 1 aliphatic rings. The molecule has 1 unspecified atom stereocenters. The first-order valence-electron chi connectivity index (χ1n) is 11.9. The van der Waals surface area contributed by atoms with E-state index in [-0.39, 0.29) is 6.61 Å². The Labute approximate surface area is 203 Å². The fourth-order valence-corrected chi connectivity index (χ4v) is 4.83. The summed E-state index contributed by atoms with van der Waals surface area (Å²) in [5.74, 6) is -0.425. The summed E-state index contributed by atoms with van der Waals surface area (Å²) < 4.78 is 16.5. The summed E-state index contributed by atoms with van der Waals surface area (Å²) >= 11 is 0. The number of nitrogens with zero attached hydrogens (tertiary/aromatic N) is 3. The van der Waals surface area contributed by atoms with Gasteiger partial charge in [0.15, 0.2) is 0 Å². The SMILES string of the molecule is CCOP(=O)(O)CNC(=O)c1ccc(CN2CCN(C[C@H](C)O)CCN(C[C@H](C)O)CC2)cc1. The molecular formula is C23H41N4O6P. The predicted molar refractivity (Wildman–Crippen MR) is 132 cm³/mol. The second-order valence-corrected chi connectivity index (χ2v) is 10.8. The Morgan fingerprint density at radius 1 is 0.971 bits per heavy atom. The number of β-amino-alcohol motifs (C(OH)–C–C–N with tert-alkyl or cyclic N) is 2. The molecule has 4 N–H and O–H groups in total. The van der Waals surface area contributed by atoms with Crippen molar-refractivity contribution in [3.63, 3.8) is 0 Å². The standard InChI is InChI=1S/C23H41N4O6P/c1-4-33-34(31,32)18-24-23(30)22-7-5-21(6-8-22)17-27-13-11-25(15-19(2)28)9-10-26(12-14-27)16-20(3)29/h5-8,19-20,28-29H,4,9-18H2,1-3H3,(H,24,30)(H,31,32)/t19-,20-/m0/s1. The number of aliphatic hydroxyl groups excluding tert-OH is 2. The van der Waals surface area contributed by atoms with Crippen molar-refractivity contribution in [3.05, 3.63) is 35.4 Å². The number of carbonyl (C=O) groups is 1. The van der Waals surface area contributed by atoms with Crippen LogP contribution in [0.25, 0.3) is 0 Å². The lowest BCUT2D eigenvalue weighted by molar-refractivity contribution is 0.0955. The van der Waals surface area contributed by atoms with Crippen molar-refractivity contribution < 1.29 is 29.0 Å². The van der Waals surface area contributed by atoms with E-state index in [2.05, 4.69) is 20.0 Å².